The van der Waals surface area contributed by atoms with Crippen LogP contribution >= 0.6 is 0 Å². The summed E-state index contributed by atoms with van der Waals surface area (Å²) in [6, 6.07) is 16.6. The van der Waals surface area contributed by atoms with Gasteiger partial charge in [0.15, 0.2) is 20.9 Å². The smallest absolute Gasteiger partial charge is 0.264 e. The van der Waals surface area contributed by atoms with Crippen LogP contribution in [0.5, 0.6) is 0 Å². The number of carbonyl (C=O) groups excluding carboxylic acids is 1. The Morgan fingerprint density at radius 3 is 2.58 bits per heavy atom. The predicted octanol–water partition coefficient (Wildman–Crippen LogP) is 2.98. The van der Waals surface area contributed by atoms with E-state index in [0.717, 1.165) is 35.9 Å². The molecular weight excluding hydrogens is 572 g/mol. The predicted molar refractivity (Wildman–Crippen MR) is 159 cm³/mol. The number of nitrogens with one attached hydrogen (secondary N) is 1. The molecule has 0 saturated carbocycles. The molecule has 0 bridgehead atoms. The molecule has 0 aliphatic carbocycles. The van der Waals surface area contributed by atoms with Crippen LogP contribution in [-0.4, -0.2) is 62.8 Å². The molecule has 0 spiro atoms. The number of amides is 1. The third kappa shape index (κ3) is 7.24. The number of carbonyl (C=O) groups is 1. The van der Waals surface area contributed by atoms with Crippen molar-refractivity contribution >= 4 is 15.7 Å². The maximum absolute atomic E-state index is 13.0. The monoisotopic (exact) mass is 606 g/mol. The zero-order valence-electron chi connectivity index (χ0n) is 24.0. The summed E-state index contributed by atoms with van der Waals surface area (Å²) in [5.74, 6) is -0.800. The lowest BCUT2D eigenvalue weighted by molar-refractivity contribution is -0.201. The fraction of sp³-hybridized carbons (Fsp3) is 0.367. The number of sulfone groups is 1. The normalized spacial score (nSPS) is 16.8. The SMILES string of the molecule is CC(CCn1ccc(-c2ccc(-c3cn(Cc4ccccn4)nn3)cc2)cc1=O)(C(=O)NOC1CCCCO1)S(C)(=O)=O. The highest BCUT2D eigenvalue weighted by Crippen LogP contribution is 2.25. The lowest BCUT2D eigenvalue weighted by Crippen LogP contribution is -2.51. The Bertz CT molecular complexity index is 1720. The molecule has 2 atom stereocenters. The molecule has 2 unspecified atom stereocenters. The molecule has 226 valence electrons. The first-order valence-electron chi connectivity index (χ1n) is 14.0. The lowest BCUT2D eigenvalue weighted by Gasteiger charge is -2.28. The summed E-state index contributed by atoms with van der Waals surface area (Å²) in [5.41, 5.74) is 5.96. The second-order valence-corrected chi connectivity index (χ2v) is 13.2. The number of benzene rings is 1. The first-order valence-corrected chi connectivity index (χ1v) is 15.9. The Kier molecular flexibility index (Phi) is 9.14. The van der Waals surface area contributed by atoms with E-state index in [4.69, 9.17) is 9.57 Å². The molecule has 4 aromatic rings. The highest BCUT2D eigenvalue weighted by Gasteiger charge is 2.44. The van der Waals surface area contributed by atoms with Gasteiger partial charge in [-0.2, -0.15) is 0 Å². The molecule has 1 amide bonds. The minimum Gasteiger partial charge on any atom is -0.350 e. The number of hydroxylamine groups is 1. The van der Waals surface area contributed by atoms with Crippen LogP contribution in [0.15, 0.2) is 78.0 Å². The van der Waals surface area contributed by atoms with E-state index in [0.29, 0.717) is 30.8 Å². The molecule has 1 saturated heterocycles. The van der Waals surface area contributed by atoms with E-state index in [1.54, 1.807) is 23.1 Å². The molecule has 1 N–H and O–H groups in total. The van der Waals surface area contributed by atoms with Gasteiger partial charge in [-0.1, -0.05) is 35.5 Å². The number of aryl methyl sites for hydroxylation is 1. The van der Waals surface area contributed by atoms with Crippen molar-refractivity contribution in [3.8, 4) is 22.4 Å². The quantitative estimate of drug-likeness (QED) is 0.255. The Hall–Kier alpha value is -4.20. The summed E-state index contributed by atoms with van der Waals surface area (Å²) >= 11 is 0. The molecule has 13 heteroatoms. The van der Waals surface area contributed by atoms with Crippen molar-refractivity contribution in [2.75, 3.05) is 12.9 Å². The molecule has 0 radical (unpaired) electrons. The van der Waals surface area contributed by atoms with Crippen molar-refractivity contribution in [1.29, 1.82) is 0 Å². The van der Waals surface area contributed by atoms with E-state index in [9.17, 15) is 18.0 Å². The van der Waals surface area contributed by atoms with Crippen LogP contribution in [0.25, 0.3) is 22.4 Å². The maximum Gasteiger partial charge on any atom is 0.264 e. The van der Waals surface area contributed by atoms with E-state index in [1.165, 1.54) is 17.6 Å². The Morgan fingerprint density at radius 2 is 1.91 bits per heavy atom. The highest BCUT2D eigenvalue weighted by atomic mass is 32.2. The van der Waals surface area contributed by atoms with Crippen molar-refractivity contribution in [3.05, 3.63) is 89.2 Å². The zero-order chi connectivity index (χ0) is 30.5. The van der Waals surface area contributed by atoms with Crippen LogP contribution in [0.1, 0.15) is 38.3 Å². The minimum atomic E-state index is -3.85. The Balaban J connectivity index is 1.23. The number of hydrogen-bond donors (Lipinski definition) is 1. The van der Waals surface area contributed by atoms with Crippen molar-refractivity contribution < 1.29 is 22.8 Å². The number of nitrogens with zero attached hydrogens (tertiary/aromatic N) is 5. The molecule has 1 aliphatic heterocycles. The standard InChI is InChI=1S/C30H34N6O6S/c1-30(43(2,39)40,29(38)33-42-28-8-4-6-18-41-28)14-17-35-16-13-24(19-27(35)37)22-9-11-23(12-10-22)26-21-36(34-32-26)20-25-7-3-5-15-31-25/h3,5,7,9-13,15-16,19,21,28H,4,6,8,14,17-18,20H2,1-2H3,(H,33,38). The van der Waals surface area contributed by atoms with Gasteiger partial charge in [-0.3, -0.25) is 14.6 Å². The Morgan fingerprint density at radius 1 is 1.12 bits per heavy atom. The number of hydrogen-bond acceptors (Lipinski definition) is 9. The van der Waals surface area contributed by atoms with Crippen molar-refractivity contribution in [1.82, 2.24) is 30.0 Å². The third-order valence-electron chi connectivity index (χ3n) is 7.65. The second-order valence-electron chi connectivity index (χ2n) is 10.7. The topological polar surface area (TPSA) is 147 Å². The van der Waals surface area contributed by atoms with E-state index in [2.05, 4.69) is 20.8 Å². The van der Waals surface area contributed by atoms with Gasteiger partial charge in [0.2, 0.25) is 0 Å². The van der Waals surface area contributed by atoms with E-state index >= 15 is 0 Å². The van der Waals surface area contributed by atoms with Crippen LogP contribution < -0.4 is 11.0 Å². The summed E-state index contributed by atoms with van der Waals surface area (Å²) in [7, 11) is -3.85. The largest absolute Gasteiger partial charge is 0.350 e. The van der Waals surface area contributed by atoms with Gasteiger partial charge in [-0.15, -0.1) is 5.10 Å². The molecular formula is C30H34N6O6S. The van der Waals surface area contributed by atoms with Gasteiger partial charge in [-0.25, -0.2) is 23.4 Å². The summed E-state index contributed by atoms with van der Waals surface area (Å²) in [5, 5.41) is 8.45. The molecule has 5 rings (SSSR count). The number of pyridine rings is 2. The Labute approximate surface area is 249 Å². The van der Waals surface area contributed by atoms with E-state index < -0.39 is 26.8 Å². The van der Waals surface area contributed by atoms with E-state index in [1.807, 2.05) is 48.7 Å². The van der Waals surface area contributed by atoms with Crippen LogP contribution in [-0.2, 0) is 37.3 Å². The fourth-order valence-corrected chi connectivity index (χ4v) is 5.54. The molecule has 1 fully saturated rings. The van der Waals surface area contributed by atoms with E-state index in [-0.39, 0.29) is 18.5 Å². The van der Waals surface area contributed by atoms with Gasteiger partial charge in [0, 0.05) is 49.9 Å². The van der Waals surface area contributed by atoms with Crippen molar-refractivity contribution in [2.45, 2.75) is 56.7 Å². The molecule has 3 aromatic heterocycles. The van der Waals surface area contributed by atoms with Crippen LogP contribution in [0.4, 0.5) is 0 Å². The summed E-state index contributed by atoms with van der Waals surface area (Å²) in [4.78, 5) is 35.5. The molecule has 43 heavy (non-hydrogen) atoms. The maximum atomic E-state index is 13.0. The molecule has 1 aromatic carbocycles. The average Bonchev–Trinajstić information content (AvgIpc) is 3.48. The lowest BCUT2D eigenvalue weighted by atomic mass is 10.0. The van der Waals surface area contributed by atoms with Gasteiger partial charge in [0.05, 0.1) is 18.4 Å². The number of rotatable bonds is 11. The molecule has 12 nitrogen and oxygen atoms in total. The van der Waals surface area contributed by atoms with Crippen LogP contribution in [0.2, 0.25) is 0 Å². The van der Waals surface area contributed by atoms with Gasteiger partial charge in [0.1, 0.15) is 5.69 Å². The van der Waals surface area contributed by atoms with Gasteiger partial charge < -0.3 is 9.30 Å². The number of ether oxygens (including phenoxy) is 1. The minimum absolute atomic E-state index is 0.0170. The second kappa shape index (κ2) is 13.0. The van der Waals surface area contributed by atoms with Gasteiger partial charge >= 0.3 is 0 Å². The van der Waals surface area contributed by atoms with Crippen molar-refractivity contribution in [3.63, 3.8) is 0 Å². The van der Waals surface area contributed by atoms with Crippen LogP contribution in [0.3, 0.4) is 0 Å². The van der Waals surface area contributed by atoms with Gasteiger partial charge in [-0.05, 0) is 55.5 Å². The summed E-state index contributed by atoms with van der Waals surface area (Å²) in [6.07, 6.45) is 7.86. The molecule has 1 aliphatic rings. The van der Waals surface area contributed by atoms with Gasteiger partial charge in [0.25, 0.3) is 11.5 Å². The third-order valence-corrected chi connectivity index (χ3v) is 9.67. The fourth-order valence-electron chi connectivity index (χ4n) is 4.70. The van der Waals surface area contributed by atoms with Crippen molar-refractivity contribution in [2.24, 2.45) is 0 Å². The zero-order valence-corrected chi connectivity index (χ0v) is 24.9. The highest BCUT2D eigenvalue weighted by molar-refractivity contribution is 7.92. The molecule has 4 heterocycles. The van der Waals surface area contributed by atoms with Crippen LogP contribution in [0, 0.1) is 0 Å². The number of aromatic nitrogens is 5. The summed E-state index contributed by atoms with van der Waals surface area (Å²) in [6.45, 7) is 2.38. The first-order chi connectivity index (χ1) is 20.6. The summed E-state index contributed by atoms with van der Waals surface area (Å²) < 4.78 is 32.0. The average molecular weight is 607 g/mol. The first kappa shape index (κ1) is 30.3.